The van der Waals surface area contributed by atoms with E-state index in [4.69, 9.17) is 21.1 Å². The van der Waals surface area contributed by atoms with E-state index in [9.17, 15) is 22.8 Å². The largest absolute Gasteiger partial charge is 0.489 e. The molecule has 0 spiro atoms. The fourth-order valence-corrected chi connectivity index (χ4v) is 3.64. The fraction of sp³-hybridized carbons (Fsp3) is 0.455. The first-order valence-corrected chi connectivity index (χ1v) is 10.9. The molecule has 1 aliphatic rings. The Kier molecular flexibility index (Phi) is 8.19. The van der Waals surface area contributed by atoms with Crippen LogP contribution in [-0.4, -0.2) is 60.2 Å². The molecule has 1 aromatic heterocycles. The highest BCUT2D eigenvalue weighted by Gasteiger charge is 2.30. The van der Waals surface area contributed by atoms with Crippen LogP contribution in [0.15, 0.2) is 30.6 Å². The number of anilines is 1. The normalized spacial score (nSPS) is 16.8. The number of nitrogens with one attached hydrogen (secondary N) is 1. The van der Waals surface area contributed by atoms with E-state index >= 15 is 0 Å². The number of nitrogens with zero attached hydrogens (tertiary/aromatic N) is 3. The highest BCUT2D eigenvalue weighted by atomic mass is 35.5. The molecule has 0 aliphatic carbocycles. The van der Waals surface area contributed by atoms with Gasteiger partial charge in [0.25, 0.3) is 0 Å². The van der Waals surface area contributed by atoms with Crippen molar-refractivity contribution in [2.24, 2.45) is 0 Å². The van der Waals surface area contributed by atoms with Crippen molar-refractivity contribution in [2.75, 3.05) is 31.1 Å². The molecule has 2 atom stereocenters. The molecule has 2 aromatic rings. The Labute approximate surface area is 199 Å². The van der Waals surface area contributed by atoms with Gasteiger partial charge in [-0.15, -0.1) is 0 Å². The van der Waals surface area contributed by atoms with E-state index in [2.05, 4.69) is 9.97 Å². The number of carbonyl (C=O) groups excluding carboxylic acids is 2. The summed E-state index contributed by atoms with van der Waals surface area (Å²) in [7, 11) is 0. The summed E-state index contributed by atoms with van der Waals surface area (Å²) in [6.45, 7) is 2.56. The lowest BCUT2D eigenvalue weighted by Crippen LogP contribution is -2.36. The molecule has 1 N–H and O–H groups in total. The minimum atomic E-state index is -4.46. The predicted molar refractivity (Wildman–Crippen MR) is 118 cm³/mol. The van der Waals surface area contributed by atoms with Crippen LogP contribution in [0.4, 0.5) is 19.0 Å². The predicted octanol–water partition coefficient (Wildman–Crippen LogP) is 3.54. The fourth-order valence-electron chi connectivity index (χ4n) is 3.37. The van der Waals surface area contributed by atoms with Crippen molar-refractivity contribution in [3.63, 3.8) is 0 Å². The molecule has 12 heteroatoms. The number of aromatic nitrogens is 2. The summed E-state index contributed by atoms with van der Waals surface area (Å²) in [5.41, 5.74) is 0.575. The van der Waals surface area contributed by atoms with Crippen LogP contribution in [-0.2, 0) is 9.59 Å². The molecular weight excluding hydrogens is 477 g/mol. The van der Waals surface area contributed by atoms with E-state index in [-0.39, 0.29) is 29.4 Å². The Morgan fingerprint density at radius 2 is 1.97 bits per heavy atom. The zero-order valence-corrected chi connectivity index (χ0v) is 19.3. The zero-order valence-electron chi connectivity index (χ0n) is 18.6. The minimum Gasteiger partial charge on any atom is -0.489 e. The van der Waals surface area contributed by atoms with E-state index in [1.54, 1.807) is 24.3 Å². The molecule has 1 amide bonds. The lowest BCUT2D eigenvalue weighted by molar-refractivity contribution is -0.139. The van der Waals surface area contributed by atoms with E-state index in [1.165, 1.54) is 20.2 Å². The van der Waals surface area contributed by atoms with Crippen LogP contribution in [0.3, 0.4) is 0 Å². The van der Waals surface area contributed by atoms with Gasteiger partial charge in [-0.3, -0.25) is 9.59 Å². The van der Waals surface area contributed by atoms with Gasteiger partial charge in [0.05, 0.1) is 12.5 Å². The van der Waals surface area contributed by atoms with Gasteiger partial charge in [0.2, 0.25) is 11.8 Å². The van der Waals surface area contributed by atoms with E-state index in [0.717, 1.165) is 0 Å². The van der Waals surface area contributed by atoms with Gasteiger partial charge in [-0.05, 0) is 31.5 Å². The number of rotatable bonds is 9. The number of halogens is 4. The maximum absolute atomic E-state index is 12.3. The quantitative estimate of drug-likeness (QED) is 0.563. The highest BCUT2D eigenvalue weighted by Crippen LogP contribution is 2.33. The number of amides is 1. The number of ether oxygens (including phenoxy) is 2. The Balaban J connectivity index is 1.56. The van der Waals surface area contributed by atoms with Crippen molar-refractivity contribution in [1.29, 1.82) is 0 Å². The van der Waals surface area contributed by atoms with Crippen molar-refractivity contribution in [1.82, 2.24) is 15.3 Å². The molecule has 1 aliphatic heterocycles. The topological polar surface area (TPSA) is 93.7 Å². The molecule has 1 fully saturated rings. The summed E-state index contributed by atoms with van der Waals surface area (Å²) in [6.07, 6.45) is -2.61. The molecule has 2 heterocycles. The summed E-state index contributed by atoms with van der Waals surface area (Å²) >= 11 is 6.36. The Morgan fingerprint density at radius 1 is 1.26 bits per heavy atom. The number of carbonyl (C=O) groups is 2. The third-order valence-corrected chi connectivity index (χ3v) is 5.47. The second-order valence-corrected chi connectivity index (χ2v) is 8.28. The number of Topliss-reactive ketones (excluding diaryl/α,β-unsaturated/α-hetero) is 1. The molecule has 8 nitrogen and oxygen atoms in total. The molecule has 0 bridgehead atoms. The van der Waals surface area contributed by atoms with Crippen molar-refractivity contribution in [3.8, 4) is 11.6 Å². The summed E-state index contributed by atoms with van der Waals surface area (Å²) in [5, 5.41) is 2.10. The molecule has 0 saturated carbocycles. The van der Waals surface area contributed by atoms with Crippen LogP contribution in [0.5, 0.6) is 11.6 Å². The number of ketones is 1. The molecule has 0 radical (unpaired) electrons. The summed E-state index contributed by atoms with van der Waals surface area (Å²) < 4.78 is 48.2. The van der Waals surface area contributed by atoms with Gasteiger partial charge in [0, 0.05) is 13.0 Å². The van der Waals surface area contributed by atoms with Crippen LogP contribution in [0, 0.1) is 0 Å². The summed E-state index contributed by atoms with van der Waals surface area (Å²) in [6, 6.07) is 6.66. The average Bonchev–Trinajstić information content (AvgIpc) is 3.24. The van der Waals surface area contributed by atoms with Gasteiger partial charge in [0.15, 0.2) is 11.6 Å². The molecular formula is C22H24ClF3N4O4. The monoisotopic (exact) mass is 500 g/mol. The van der Waals surface area contributed by atoms with Crippen LogP contribution in [0.1, 0.15) is 31.7 Å². The van der Waals surface area contributed by atoms with Crippen LogP contribution in [0.25, 0.3) is 0 Å². The van der Waals surface area contributed by atoms with Gasteiger partial charge < -0.3 is 19.7 Å². The SMILES string of the molecule is CC(=O)COc1ncnc(N2CC[C@@H](Oc3ccc(C(C)C(=O)NCC(F)(F)F)cc3)C2)c1Cl. The molecule has 1 saturated heterocycles. The van der Waals surface area contributed by atoms with Crippen molar-refractivity contribution < 1.29 is 32.2 Å². The smallest absolute Gasteiger partial charge is 0.405 e. The summed E-state index contributed by atoms with van der Waals surface area (Å²) in [4.78, 5) is 33.2. The Morgan fingerprint density at radius 3 is 2.62 bits per heavy atom. The van der Waals surface area contributed by atoms with E-state index < -0.39 is 24.5 Å². The third-order valence-electron chi connectivity index (χ3n) is 5.13. The first-order chi connectivity index (χ1) is 16.0. The van der Waals surface area contributed by atoms with E-state index in [0.29, 0.717) is 36.6 Å². The standard InChI is InChI=1S/C22H24ClF3N4O4/c1-13(31)10-33-21-18(23)19(28-12-29-21)30-8-7-17(9-30)34-16-5-3-15(4-6-16)14(2)20(32)27-11-22(24,25)26/h3-6,12,14,17H,7-11H2,1-2H3,(H,27,32)/t14?,17-/m1/s1. The van der Waals surface area contributed by atoms with Gasteiger partial charge >= 0.3 is 6.18 Å². The van der Waals surface area contributed by atoms with Crippen molar-refractivity contribution in [3.05, 3.63) is 41.2 Å². The summed E-state index contributed by atoms with van der Waals surface area (Å²) in [5.74, 6) is -0.417. The van der Waals surface area contributed by atoms with Gasteiger partial charge in [-0.2, -0.15) is 13.2 Å². The average molecular weight is 501 g/mol. The molecule has 3 rings (SSSR count). The third kappa shape index (κ3) is 6.96. The van der Waals surface area contributed by atoms with Crippen molar-refractivity contribution in [2.45, 2.75) is 38.5 Å². The maximum Gasteiger partial charge on any atom is 0.405 e. The first kappa shape index (κ1) is 25.5. The van der Waals surface area contributed by atoms with E-state index in [1.807, 2.05) is 10.2 Å². The molecule has 34 heavy (non-hydrogen) atoms. The Bertz CT molecular complexity index is 1020. The Hall–Kier alpha value is -3.08. The highest BCUT2D eigenvalue weighted by molar-refractivity contribution is 6.34. The first-order valence-electron chi connectivity index (χ1n) is 10.5. The minimum absolute atomic E-state index is 0.134. The van der Waals surface area contributed by atoms with Gasteiger partial charge in [-0.1, -0.05) is 23.7 Å². The molecule has 1 unspecified atom stereocenters. The zero-order chi connectivity index (χ0) is 24.9. The number of hydrogen-bond donors (Lipinski definition) is 1. The number of hydrogen-bond acceptors (Lipinski definition) is 7. The lowest BCUT2D eigenvalue weighted by atomic mass is 10.0. The van der Waals surface area contributed by atoms with Gasteiger partial charge in [0.1, 0.15) is 36.4 Å². The second kappa shape index (κ2) is 10.9. The molecule has 1 aromatic carbocycles. The number of alkyl halides is 3. The number of benzene rings is 1. The maximum atomic E-state index is 12.3. The van der Waals surface area contributed by atoms with Crippen molar-refractivity contribution >= 4 is 29.1 Å². The van der Waals surface area contributed by atoms with Crippen LogP contribution >= 0.6 is 11.6 Å². The lowest BCUT2D eigenvalue weighted by Gasteiger charge is -2.20. The van der Waals surface area contributed by atoms with Crippen LogP contribution in [0.2, 0.25) is 5.02 Å². The van der Waals surface area contributed by atoms with Gasteiger partial charge in [-0.25, -0.2) is 9.97 Å². The molecule has 184 valence electrons. The van der Waals surface area contributed by atoms with Crippen LogP contribution < -0.4 is 19.7 Å². The second-order valence-electron chi connectivity index (χ2n) is 7.91.